The first-order chi connectivity index (χ1) is 6.44. The average Bonchev–Trinajstić information content (AvgIpc) is 2.44. The van der Waals surface area contributed by atoms with E-state index >= 15 is 0 Å². The van der Waals surface area contributed by atoms with Crippen molar-refractivity contribution in [1.29, 1.82) is 0 Å². The summed E-state index contributed by atoms with van der Waals surface area (Å²) in [4.78, 5) is 0. The molecular weight excluding hydrogens is 198 g/mol. The third-order valence-corrected chi connectivity index (χ3v) is 5.00. The zero-order valence-corrected chi connectivity index (χ0v) is 10.1. The molecule has 0 aliphatic carbocycles. The number of hydrogen-bond donors (Lipinski definition) is 1. The molecule has 0 aromatic rings. The van der Waals surface area contributed by atoms with Crippen LogP contribution in [0.25, 0.3) is 0 Å². The van der Waals surface area contributed by atoms with Gasteiger partial charge < -0.3 is 5.32 Å². The maximum atomic E-state index is 11.2. The highest BCUT2D eigenvalue weighted by molar-refractivity contribution is 7.91. The third kappa shape index (κ3) is 3.24. The summed E-state index contributed by atoms with van der Waals surface area (Å²) >= 11 is 0. The van der Waals surface area contributed by atoms with E-state index in [-0.39, 0.29) is 6.04 Å². The molecule has 0 spiro atoms. The highest BCUT2D eigenvalue weighted by atomic mass is 32.2. The zero-order valence-electron chi connectivity index (χ0n) is 9.29. The van der Waals surface area contributed by atoms with Crippen LogP contribution in [-0.2, 0) is 9.84 Å². The quantitative estimate of drug-likeness (QED) is 0.773. The molecule has 0 unspecified atom stereocenters. The second kappa shape index (κ2) is 4.62. The lowest BCUT2D eigenvalue weighted by molar-refractivity contribution is 0.359. The van der Waals surface area contributed by atoms with Gasteiger partial charge in [0.05, 0.1) is 11.5 Å². The van der Waals surface area contributed by atoms with Crippen molar-refractivity contribution in [2.24, 2.45) is 5.92 Å². The van der Waals surface area contributed by atoms with Crippen LogP contribution in [0.3, 0.4) is 0 Å². The number of sulfone groups is 1. The van der Waals surface area contributed by atoms with E-state index in [1.165, 1.54) is 0 Å². The van der Waals surface area contributed by atoms with Crippen LogP contribution >= 0.6 is 0 Å². The molecule has 1 heterocycles. The molecule has 1 rings (SSSR count). The van der Waals surface area contributed by atoms with Crippen LogP contribution in [0.5, 0.6) is 0 Å². The molecule has 1 N–H and O–H groups in total. The molecule has 0 radical (unpaired) electrons. The zero-order chi connectivity index (χ0) is 10.8. The standard InChI is InChI=1S/C10H21NO2S/c1-4-8(2)9(3)11-10-5-6-14(12,13)7-10/h8-11H,4-7H2,1-3H3/t8-,9+,10-/m0/s1. The lowest BCUT2D eigenvalue weighted by Gasteiger charge is -2.23. The van der Waals surface area contributed by atoms with Crippen molar-refractivity contribution in [1.82, 2.24) is 5.32 Å². The number of nitrogens with one attached hydrogen (secondary N) is 1. The van der Waals surface area contributed by atoms with Crippen LogP contribution < -0.4 is 5.32 Å². The Morgan fingerprint density at radius 1 is 1.43 bits per heavy atom. The molecule has 14 heavy (non-hydrogen) atoms. The molecular formula is C10H21NO2S. The van der Waals surface area contributed by atoms with Gasteiger partial charge >= 0.3 is 0 Å². The van der Waals surface area contributed by atoms with Gasteiger partial charge in [0.2, 0.25) is 0 Å². The van der Waals surface area contributed by atoms with E-state index in [1.807, 2.05) is 0 Å². The van der Waals surface area contributed by atoms with E-state index in [4.69, 9.17) is 0 Å². The number of hydrogen-bond acceptors (Lipinski definition) is 3. The molecule has 0 bridgehead atoms. The van der Waals surface area contributed by atoms with Crippen molar-refractivity contribution in [2.45, 2.75) is 45.7 Å². The van der Waals surface area contributed by atoms with Gasteiger partial charge in [0, 0.05) is 12.1 Å². The van der Waals surface area contributed by atoms with Gasteiger partial charge in [-0.3, -0.25) is 0 Å². The molecule has 0 aromatic carbocycles. The van der Waals surface area contributed by atoms with Gasteiger partial charge in [-0.15, -0.1) is 0 Å². The van der Waals surface area contributed by atoms with Crippen LogP contribution in [0.2, 0.25) is 0 Å². The van der Waals surface area contributed by atoms with E-state index in [2.05, 4.69) is 26.1 Å². The minimum absolute atomic E-state index is 0.184. The molecule has 1 fully saturated rings. The Balaban J connectivity index is 2.39. The Kier molecular flexibility index (Phi) is 3.95. The molecule has 4 heteroatoms. The largest absolute Gasteiger partial charge is 0.310 e. The van der Waals surface area contributed by atoms with Crippen molar-refractivity contribution in [2.75, 3.05) is 11.5 Å². The minimum Gasteiger partial charge on any atom is -0.310 e. The molecule has 84 valence electrons. The maximum Gasteiger partial charge on any atom is 0.151 e. The molecule has 0 saturated carbocycles. The van der Waals surface area contributed by atoms with Gasteiger partial charge in [-0.2, -0.15) is 0 Å². The predicted octanol–water partition coefficient (Wildman–Crippen LogP) is 1.20. The van der Waals surface area contributed by atoms with Crippen molar-refractivity contribution in [3.8, 4) is 0 Å². The first kappa shape index (κ1) is 12.0. The van der Waals surface area contributed by atoms with Crippen LogP contribution in [0.4, 0.5) is 0 Å². The molecule has 0 aromatic heterocycles. The van der Waals surface area contributed by atoms with Crippen molar-refractivity contribution >= 4 is 9.84 Å². The molecule has 0 amide bonds. The van der Waals surface area contributed by atoms with Gasteiger partial charge in [0.1, 0.15) is 0 Å². The highest BCUT2D eigenvalue weighted by Crippen LogP contribution is 2.14. The fourth-order valence-corrected chi connectivity index (χ4v) is 3.50. The van der Waals surface area contributed by atoms with Crippen molar-refractivity contribution < 1.29 is 8.42 Å². The van der Waals surface area contributed by atoms with E-state index in [9.17, 15) is 8.42 Å². The van der Waals surface area contributed by atoms with Crippen molar-refractivity contribution in [3.05, 3.63) is 0 Å². The Labute approximate surface area is 87.2 Å². The van der Waals surface area contributed by atoms with E-state index in [0.717, 1.165) is 12.8 Å². The Morgan fingerprint density at radius 2 is 2.07 bits per heavy atom. The van der Waals surface area contributed by atoms with Gasteiger partial charge in [-0.25, -0.2) is 8.42 Å². The van der Waals surface area contributed by atoms with Crippen LogP contribution in [0, 0.1) is 5.92 Å². The topological polar surface area (TPSA) is 46.2 Å². The fourth-order valence-electron chi connectivity index (χ4n) is 1.82. The van der Waals surface area contributed by atoms with Gasteiger partial charge in [-0.1, -0.05) is 20.3 Å². The van der Waals surface area contributed by atoms with Crippen LogP contribution in [0.15, 0.2) is 0 Å². The molecule has 3 atom stereocenters. The summed E-state index contributed by atoms with van der Waals surface area (Å²) in [7, 11) is -2.74. The Hall–Kier alpha value is -0.0900. The summed E-state index contributed by atoms with van der Waals surface area (Å²) in [6, 6.07) is 0.599. The highest BCUT2D eigenvalue weighted by Gasteiger charge is 2.29. The summed E-state index contributed by atoms with van der Waals surface area (Å²) in [6.07, 6.45) is 1.91. The van der Waals surface area contributed by atoms with Gasteiger partial charge in [0.25, 0.3) is 0 Å². The summed E-state index contributed by atoms with van der Waals surface area (Å²) in [6.45, 7) is 6.49. The monoisotopic (exact) mass is 219 g/mol. The molecule has 1 saturated heterocycles. The minimum atomic E-state index is -2.74. The molecule has 3 nitrogen and oxygen atoms in total. The summed E-state index contributed by atoms with van der Waals surface area (Å²) in [5, 5.41) is 3.41. The summed E-state index contributed by atoms with van der Waals surface area (Å²) in [5.74, 6) is 1.30. The second-order valence-electron chi connectivity index (χ2n) is 4.44. The number of rotatable bonds is 4. The lowest BCUT2D eigenvalue weighted by Crippen LogP contribution is -2.40. The Morgan fingerprint density at radius 3 is 2.50 bits per heavy atom. The average molecular weight is 219 g/mol. The third-order valence-electron chi connectivity index (χ3n) is 3.23. The second-order valence-corrected chi connectivity index (χ2v) is 6.67. The maximum absolute atomic E-state index is 11.2. The summed E-state index contributed by atoms with van der Waals surface area (Å²) < 4.78 is 22.4. The summed E-state index contributed by atoms with van der Waals surface area (Å²) in [5.41, 5.74) is 0. The van der Waals surface area contributed by atoms with Gasteiger partial charge in [-0.05, 0) is 19.3 Å². The van der Waals surface area contributed by atoms with Gasteiger partial charge in [0.15, 0.2) is 9.84 Å². The van der Waals surface area contributed by atoms with Crippen LogP contribution in [-0.4, -0.2) is 32.0 Å². The van der Waals surface area contributed by atoms with Crippen molar-refractivity contribution in [3.63, 3.8) is 0 Å². The predicted molar refractivity (Wildman–Crippen MR) is 59.1 cm³/mol. The van der Waals surface area contributed by atoms with E-state index in [0.29, 0.717) is 23.5 Å². The fraction of sp³-hybridized carbons (Fsp3) is 1.00. The SMILES string of the molecule is CC[C@H](C)[C@@H](C)N[C@H]1CCS(=O)(=O)C1. The van der Waals surface area contributed by atoms with E-state index in [1.54, 1.807) is 0 Å². The van der Waals surface area contributed by atoms with E-state index < -0.39 is 9.84 Å². The molecule has 1 aliphatic heterocycles. The Bertz CT molecular complexity index is 274. The first-order valence-corrected chi connectivity index (χ1v) is 7.23. The molecule has 1 aliphatic rings. The first-order valence-electron chi connectivity index (χ1n) is 5.41. The normalized spacial score (nSPS) is 30.1. The smallest absolute Gasteiger partial charge is 0.151 e. The lowest BCUT2D eigenvalue weighted by atomic mass is 10.00. The van der Waals surface area contributed by atoms with Crippen LogP contribution in [0.1, 0.15) is 33.6 Å².